The number of Topliss-reactive ketones (excluding diaryl/α,β-unsaturated/α-hetero) is 2. The van der Waals surface area contributed by atoms with Crippen LogP contribution in [0.5, 0.6) is 5.75 Å². The lowest BCUT2D eigenvalue weighted by molar-refractivity contribution is 0.0914. The second-order valence-electron chi connectivity index (χ2n) is 7.19. The molecule has 1 aromatic heterocycles. The summed E-state index contributed by atoms with van der Waals surface area (Å²) < 4.78 is 8.52. The number of aromatic nitrogens is 2. The highest BCUT2D eigenvalue weighted by Gasteiger charge is 2.14. The Balaban J connectivity index is 1.70. The topological polar surface area (TPSA) is 90.5 Å². The van der Waals surface area contributed by atoms with Crippen LogP contribution in [0, 0.1) is 6.92 Å². The van der Waals surface area contributed by atoms with Gasteiger partial charge >= 0.3 is 5.69 Å². The van der Waals surface area contributed by atoms with Gasteiger partial charge in [-0.1, -0.05) is 12.1 Å². The molecule has 30 heavy (non-hydrogen) atoms. The molecule has 1 heterocycles. The number of carbonyl (C=O) groups is 2. The van der Waals surface area contributed by atoms with Crippen LogP contribution < -0.4 is 10.4 Å². The number of hydrogen-bond donors (Lipinski definition) is 1. The van der Waals surface area contributed by atoms with Gasteiger partial charge in [0.1, 0.15) is 18.5 Å². The molecule has 0 aliphatic rings. The Labute approximate surface area is 174 Å². The largest absolute Gasteiger partial charge is 0.491 e. The Morgan fingerprint density at radius 3 is 2.33 bits per heavy atom. The molecule has 156 valence electrons. The zero-order valence-electron chi connectivity index (χ0n) is 17.2. The van der Waals surface area contributed by atoms with E-state index in [0.29, 0.717) is 28.3 Å². The quantitative estimate of drug-likeness (QED) is 0.579. The lowest BCUT2D eigenvalue weighted by Crippen LogP contribution is -2.31. The van der Waals surface area contributed by atoms with Crippen molar-refractivity contribution in [2.24, 2.45) is 0 Å². The number of carbonyl (C=O) groups excluding carboxylic acids is 2. The summed E-state index contributed by atoms with van der Waals surface area (Å²) in [5.74, 6) is 0.370. The van der Waals surface area contributed by atoms with E-state index in [9.17, 15) is 19.5 Å². The van der Waals surface area contributed by atoms with Crippen molar-refractivity contribution >= 4 is 11.6 Å². The van der Waals surface area contributed by atoms with Gasteiger partial charge in [0.05, 0.1) is 12.2 Å². The van der Waals surface area contributed by atoms with Gasteiger partial charge in [0.2, 0.25) is 0 Å². The van der Waals surface area contributed by atoms with Crippen LogP contribution >= 0.6 is 0 Å². The molecule has 7 heteroatoms. The third kappa shape index (κ3) is 4.75. The van der Waals surface area contributed by atoms with E-state index >= 15 is 0 Å². The van der Waals surface area contributed by atoms with Gasteiger partial charge in [-0.05, 0) is 57.2 Å². The summed E-state index contributed by atoms with van der Waals surface area (Å²) in [5, 5.41) is 10.3. The number of aliphatic hydroxyl groups is 1. The minimum atomic E-state index is -0.918. The maximum Gasteiger partial charge on any atom is 0.333 e. The summed E-state index contributed by atoms with van der Waals surface area (Å²) in [4.78, 5) is 35.7. The van der Waals surface area contributed by atoms with E-state index in [4.69, 9.17) is 4.74 Å². The van der Waals surface area contributed by atoms with Gasteiger partial charge < -0.3 is 9.84 Å². The second-order valence-corrected chi connectivity index (χ2v) is 7.19. The molecule has 0 unspecified atom stereocenters. The Hall–Kier alpha value is -3.45. The molecular formula is C23H24N2O5. The molecule has 0 radical (unpaired) electrons. The molecule has 7 nitrogen and oxygen atoms in total. The molecule has 3 aromatic rings. The van der Waals surface area contributed by atoms with Gasteiger partial charge in [0.25, 0.3) is 0 Å². The van der Waals surface area contributed by atoms with Gasteiger partial charge in [-0.25, -0.2) is 4.79 Å². The highest BCUT2D eigenvalue weighted by molar-refractivity contribution is 5.94. The van der Waals surface area contributed by atoms with Crippen molar-refractivity contribution in [3.63, 3.8) is 0 Å². The highest BCUT2D eigenvalue weighted by Crippen LogP contribution is 2.15. The van der Waals surface area contributed by atoms with E-state index in [1.165, 1.54) is 23.0 Å². The third-order valence-electron chi connectivity index (χ3n) is 4.75. The first kappa shape index (κ1) is 21.3. The Bertz CT molecular complexity index is 1130. The fraction of sp³-hybridized carbons (Fsp3) is 0.261. The predicted octanol–water partition coefficient (Wildman–Crippen LogP) is 2.79. The molecule has 2 aromatic carbocycles. The molecule has 0 amide bonds. The van der Waals surface area contributed by atoms with Gasteiger partial charge in [0, 0.05) is 23.0 Å². The van der Waals surface area contributed by atoms with Gasteiger partial charge in [-0.2, -0.15) is 0 Å². The van der Waals surface area contributed by atoms with Crippen LogP contribution in [0.15, 0.2) is 59.5 Å². The zero-order chi connectivity index (χ0) is 21.8. The van der Waals surface area contributed by atoms with E-state index in [1.54, 1.807) is 61.7 Å². The first-order valence-corrected chi connectivity index (χ1v) is 9.58. The van der Waals surface area contributed by atoms with Crippen LogP contribution in [-0.4, -0.2) is 38.5 Å². The van der Waals surface area contributed by atoms with Crippen molar-refractivity contribution in [2.45, 2.75) is 33.4 Å². The van der Waals surface area contributed by atoms with Crippen molar-refractivity contribution in [2.75, 3.05) is 6.61 Å². The molecule has 0 spiro atoms. The standard InChI is InChI=1S/C23H24N2O5/c1-15-12-24(23(29)25(15)20-9-7-18(8-10-20)16(2)26)13-21(28)14-30-22-6-4-5-19(11-22)17(3)27/h4-12,21,28H,13-14H2,1-3H3/t21-/m1/s1. The van der Waals surface area contributed by atoms with Crippen molar-refractivity contribution in [1.82, 2.24) is 9.13 Å². The van der Waals surface area contributed by atoms with Crippen LogP contribution in [0.1, 0.15) is 40.3 Å². The predicted molar refractivity (Wildman–Crippen MR) is 113 cm³/mol. The van der Waals surface area contributed by atoms with Crippen LogP contribution in [-0.2, 0) is 6.54 Å². The second kappa shape index (κ2) is 8.92. The number of imidazole rings is 1. The van der Waals surface area contributed by atoms with E-state index < -0.39 is 6.10 Å². The normalized spacial score (nSPS) is 11.9. The van der Waals surface area contributed by atoms with Crippen molar-refractivity contribution < 1.29 is 19.4 Å². The van der Waals surface area contributed by atoms with Gasteiger partial charge in [-0.15, -0.1) is 0 Å². The molecule has 3 rings (SSSR count). The Morgan fingerprint density at radius 1 is 1.03 bits per heavy atom. The molecule has 1 N–H and O–H groups in total. The molecule has 0 aliphatic carbocycles. The zero-order valence-corrected chi connectivity index (χ0v) is 17.2. The molecule has 1 atom stereocenters. The minimum absolute atomic E-state index is 0.0225. The first-order chi connectivity index (χ1) is 14.3. The van der Waals surface area contributed by atoms with E-state index in [2.05, 4.69) is 0 Å². The summed E-state index contributed by atoms with van der Waals surface area (Å²) >= 11 is 0. The first-order valence-electron chi connectivity index (χ1n) is 9.58. The molecule has 0 fully saturated rings. The number of rotatable bonds is 8. The van der Waals surface area contributed by atoms with E-state index in [-0.39, 0.29) is 30.4 Å². The van der Waals surface area contributed by atoms with Crippen LogP contribution in [0.4, 0.5) is 0 Å². The maximum atomic E-state index is 12.8. The summed E-state index contributed by atoms with van der Waals surface area (Å²) in [5.41, 5.74) is 2.17. The average molecular weight is 408 g/mol. The maximum absolute atomic E-state index is 12.8. The number of nitrogens with zero attached hydrogens (tertiary/aromatic N) is 2. The molecular weight excluding hydrogens is 384 g/mol. The fourth-order valence-electron chi connectivity index (χ4n) is 3.18. The monoisotopic (exact) mass is 408 g/mol. The van der Waals surface area contributed by atoms with Gasteiger partial charge in [-0.3, -0.25) is 18.7 Å². The molecule has 0 saturated heterocycles. The summed E-state index contributed by atoms with van der Waals surface area (Å²) in [6.45, 7) is 4.80. The van der Waals surface area contributed by atoms with E-state index in [0.717, 1.165) is 0 Å². The van der Waals surface area contributed by atoms with Crippen molar-refractivity contribution in [3.05, 3.63) is 82.0 Å². The summed E-state index contributed by atoms with van der Waals surface area (Å²) in [6.07, 6.45) is 0.750. The molecule has 0 saturated carbocycles. The number of aryl methyl sites for hydroxylation is 1. The third-order valence-corrected chi connectivity index (χ3v) is 4.75. The Kier molecular flexibility index (Phi) is 6.32. The van der Waals surface area contributed by atoms with Gasteiger partial charge in [0.15, 0.2) is 11.6 Å². The van der Waals surface area contributed by atoms with Crippen LogP contribution in [0.25, 0.3) is 5.69 Å². The molecule has 0 bridgehead atoms. The lowest BCUT2D eigenvalue weighted by Gasteiger charge is -2.13. The van der Waals surface area contributed by atoms with Crippen LogP contribution in [0.2, 0.25) is 0 Å². The number of hydrogen-bond acceptors (Lipinski definition) is 5. The van der Waals surface area contributed by atoms with Crippen LogP contribution in [0.3, 0.4) is 0 Å². The average Bonchev–Trinajstić information content (AvgIpc) is 2.99. The van der Waals surface area contributed by atoms with Crippen molar-refractivity contribution in [1.29, 1.82) is 0 Å². The Morgan fingerprint density at radius 2 is 1.70 bits per heavy atom. The number of ketones is 2. The number of ether oxygens (including phenoxy) is 1. The van der Waals surface area contributed by atoms with E-state index in [1.807, 2.05) is 0 Å². The summed E-state index contributed by atoms with van der Waals surface area (Å²) in [7, 11) is 0. The smallest absolute Gasteiger partial charge is 0.333 e. The number of benzene rings is 2. The highest BCUT2D eigenvalue weighted by atomic mass is 16.5. The number of aliphatic hydroxyl groups excluding tert-OH is 1. The minimum Gasteiger partial charge on any atom is -0.491 e. The molecule has 0 aliphatic heterocycles. The van der Waals surface area contributed by atoms with Crippen molar-refractivity contribution in [3.8, 4) is 11.4 Å². The fourth-order valence-corrected chi connectivity index (χ4v) is 3.18. The SMILES string of the molecule is CC(=O)c1ccc(-n2c(C)cn(C[C@@H](O)COc3cccc(C(C)=O)c3)c2=O)cc1. The lowest BCUT2D eigenvalue weighted by atomic mass is 10.1. The summed E-state index contributed by atoms with van der Waals surface area (Å²) in [6, 6.07) is 13.5.